The first-order valence-corrected chi connectivity index (χ1v) is 4.08. The summed E-state index contributed by atoms with van der Waals surface area (Å²) in [6.07, 6.45) is 1.67. The average molecular weight is 174 g/mol. The highest BCUT2D eigenvalue weighted by atomic mass is 15.3. The van der Waals surface area contributed by atoms with E-state index in [2.05, 4.69) is 20.5 Å². The number of fused-ring (bicyclic) bond motifs is 1. The Morgan fingerprint density at radius 2 is 2.31 bits per heavy atom. The van der Waals surface area contributed by atoms with E-state index in [4.69, 9.17) is 0 Å². The van der Waals surface area contributed by atoms with E-state index in [0.29, 0.717) is 5.95 Å². The number of benzene rings is 1. The van der Waals surface area contributed by atoms with Crippen LogP contribution in [0.25, 0.3) is 11.0 Å². The second kappa shape index (κ2) is 3.26. The highest BCUT2D eigenvalue weighted by molar-refractivity contribution is 5.77. The van der Waals surface area contributed by atoms with Crippen LogP contribution in [0.15, 0.2) is 29.4 Å². The third-order valence-corrected chi connectivity index (χ3v) is 1.69. The lowest BCUT2D eigenvalue weighted by molar-refractivity contribution is 1.21. The number of nitrogens with one attached hydrogen (secondary N) is 2. The fourth-order valence-electron chi connectivity index (χ4n) is 1.13. The van der Waals surface area contributed by atoms with Gasteiger partial charge in [0.15, 0.2) is 0 Å². The van der Waals surface area contributed by atoms with Gasteiger partial charge in [0.05, 0.1) is 11.0 Å². The van der Waals surface area contributed by atoms with E-state index in [1.54, 1.807) is 6.21 Å². The molecule has 0 amide bonds. The van der Waals surface area contributed by atoms with Crippen LogP contribution in [0.1, 0.15) is 6.92 Å². The van der Waals surface area contributed by atoms with Gasteiger partial charge >= 0.3 is 0 Å². The number of rotatable bonds is 2. The quantitative estimate of drug-likeness (QED) is 0.540. The standard InChI is InChI=1S/C9H10N4/c1-2-10-13-9-11-7-5-3-4-6-8(7)12-9/h2-6H,1H3,(H2,11,12,13)/b10-2+. The summed E-state index contributed by atoms with van der Waals surface area (Å²) in [4.78, 5) is 7.36. The summed E-state index contributed by atoms with van der Waals surface area (Å²) in [5, 5.41) is 3.87. The molecule has 0 bridgehead atoms. The van der Waals surface area contributed by atoms with Gasteiger partial charge in [-0.1, -0.05) is 12.1 Å². The fraction of sp³-hybridized carbons (Fsp3) is 0.111. The molecule has 4 nitrogen and oxygen atoms in total. The Kier molecular flexibility index (Phi) is 1.96. The minimum Gasteiger partial charge on any atom is -0.323 e. The third-order valence-electron chi connectivity index (χ3n) is 1.69. The third kappa shape index (κ3) is 1.51. The number of aromatic amines is 1. The van der Waals surface area contributed by atoms with Crippen LogP contribution in [0.3, 0.4) is 0 Å². The van der Waals surface area contributed by atoms with Crippen molar-refractivity contribution in [1.82, 2.24) is 9.97 Å². The van der Waals surface area contributed by atoms with Gasteiger partial charge in [-0.15, -0.1) is 0 Å². The molecule has 1 aromatic carbocycles. The van der Waals surface area contributed by atoms with Crippen LogP contribution in [0.5, 0.6) is 0 Å². The number of nitrogens with zero attached hydrogens (tertiary/aromatic N) is 2. The maximum absolute atomic E-state index is 4.27. The van der Waals surface area contributed by atoms with Crippen molar-refractivity contribution in [2.24, 2.45) is 5.10 Å². The maximum atomic E-state index is 4.27. The number of hydrogen-bond acceptors (Lipinski definition) is 3. The summed E-state index contributed by atoms with van der Waals surface area (Å²) in [6, 6.07) is 7.85. The number of imidazole rings is 1. The van der Waals surface area contributed by atoms with Gasteiger partial charge in [-0.3, -0.25) is 0 Å². The molecule has 0 saturated heterocycles. The molecule has 0 aliphatic rings. The lowest BCUT2D eigenvalue weighted by Gasteiger charge is -1.89. The Labute approximate surface area is 75.7 Å². The van der Waals surface area contributed by atoms with Gasteiger partial charge in [0.2, 0.25) is 5.95 Å². The van der Waals surface area contributed by atoms with Gasteiger partial charge in [0.1, 0.15) is 0 Å². The monoisotopic (exact) mass is 174 g/mol. The number of para-hydroxylation sites is 2. The summed E-state index contributed by atoms with van der Waals surface area (Å²) < 4.78 is 0. The molecule has 0 fully saturated rings. The molecule has 0 aliphatic heterocycles. The highest BCUT2D eigenvalue weighted by Gasteiger charge is 1.98. The molecule has 2 rings (SSSR count). The molecule has 0 saturated carbocycles. The number of hydrogen-bond donors (Lipinski definition) is 2. The van der Waals surface area contributed by atoms with Crippen LogP contribution in [-0.4, -0.2) is 16.2 Å². The first-order valence-electron chi connectivity index (χ1n) is 4.08. The molecule has 1 aromatic heterocycles. The van der Waals surface area contributed by atoms with Crippen LogP contribution in [0.4, 0.5) is 5.95 Å². The van der Waals surface area contributed by atoms with Gasteiger partial charge in [-0.25, -0.2) is 10.4 Å². The minimum atomic E-state index is 0.666. The molecule has 0 radical (unpaired) electrons. The van der Waals surface area contributed by atoms with Crippen LogP contribution < -0.4 is 5.43 Å². The number of hydrazone groups is 1. The van der Waals surface area contributed by atoms with Gasteiger partial charge in [0, 0.05) is 6.21 Å². The van der Waals surface area contributed by atoms with Crippen molar-refractivity contribution in [2.45, 2.75) is 6.92 Å². The van der Waals surface area contributed by atoms with E-state index in [9.17, 15) is 0 Å². The lowest BCUT2D eigenvalue weighted by atomic mass is 10.3. The molecule has 0 atom stereocenters. The summed E-state index contributed by atoms with van der Waals surface area (Å²) in [5.41, 5.74) is 4.74. The number of aromatic nitrogens is 2. The van der Waals surface area contributed by atoms with Crippen molar-refractivity contribution in [1.29, 1.82) is 0 Å². The zero-order chi connectivity index (χ0) is 9.10. The Hall–Kier alpha value is -1.84. The van der Waals surface area contributed by atoms with Crippen molar-refractivity contribution in [3.05, 3.63) is 24.3 Å². The molecule has 66 valence electrons. The van der Waals surface area contributed by atoms with Crippen LogP contribution >= 0.6 is 0 Å². The first-order chi connectivity index (χ1) is 6.40. The van der Waals surface area contributed by atoms with E-state index < -0.39 is 0 Å². The van der Waals surface area contributed by atoms with Crippen molar-refractivity contribution in [2.75, 3.05) is 5.43 Å². The Morgan fingerprint density at radius 1 is 1.46 bits per heavy atom. The first kappa shape index (κ1) is 7.79. The van der Waals surface area contributed by atoms with Crippen LogP contribution in [0, 0.1) is 0 Å². The molecule has 2 aromatic rings. The molecule has 13 heavy (non-hydrogen) atoms. The van der Waals surface area contributed by atoms with E-state index >= 15 is 0 Å². The lowest BCUT2D eigenvalue weighted by Crippen LogP contribution is -1.89. The maximum Gasteiger partial charge on any atom is 0.222 e. The summed E-state index contributed by atoms with van der Waals surface area (Å²) in [5.74, 6) is 0.666. The second-order valence-corrected chi connectivity index (χ2v) is 2.60. The van der Waals surface area contributed by atoms with Gasteiger partial charge in [-0.2, -0.15) is 5.10 Å². The SMILES string of the molecule is C/C=N/Nc1nc2ccccc2[nH]1. The highest BCUT2D eigenvalue weighted by Crippen LogP contribution is 2.12. The minimum absolute atomic E-state index is 0.666. The Balaban J connectivity index is 2.38. The summed E-state index contributed by atoms with van der Waals surface area (Å²) >= 11 is 0. The second-order valence-electron chi connectivity index (χ2n) is 2.60. The summed E-state index contributed by atoms with van der Waals surface area (Å²) in [7, 11) is 0. The van der Waals surface area contributed by atoms with Gasteiger partial charge in [-0.05, 0) is 19.1 Å². The number of anilines is 1. The van der Waals surface area contributed by atoms with E-state index in [0.717, 1.165) is 11.0 Å². The molecule has 0 spiro atoms. The van der Waals surface area contributed by atoms with Crippen molar-refractivity contribution in [3.8, 4) is 0 Å². The van der Waals surface area contributed by atoms with E-state index in [1.807, 2.05) is 31.2 Å². The van der Waals surface area contributed by atoms with Crippen molar-refractivity contribution in [3.63, 3.8) is 0 Å². The smallest absolute Gasteiger partial charge is 0.222 e. The van der Waals surface area contributed by atoms with Crippen molar-refractivity contribution >= 4 is 23.2 Å². The fourth-order valence-corrected chi connectivity index (χ4v) is 1.13. The zero-order valence-corrected chi connectivity index (χ0v) is 7.28. The molecule has 0 unspecified atom stereocenters. The molecule has 4 heteroatoms. The Bertz CT molecular complexity index is 397. The topological polar surface area (TPSA) is 53.1 Å². The molecule has 2 N–H and O–H groups in total. The predicted octanol–water partition coefficient (Wildman–Crippen LogP) is 1.98. The molecular formula is C9H10N4. The van der Waals surface area contributed by atoms with E-state index in [-0.39, 0.29) is 0 Å². The average Bonchev–Trinajstić information content (AvgIpc) is 2.57. The van der Waals surface area contributed by atoms with E-state index in [1.165, 1.54) is 0 Å². The zero-order valence-electron chi connectivity index (χ0n) is 7.28. The van der Waals surface area contributed by atoms with Crippen LogP contribution in [-0.2, 0) is 0 Å². The summed E-state index contributed by atoms with van der Waals surface area (Å²) in [6.45, 7) is 1.84. The largest absolute Gasteiger partial charge is 0.323 e. The number of H-pyrrole nitrogens is 1. The normalized spacial score (nSPS) is 11.2. The predicted molar refractivity (Wildman–Crippen MR) is 53.9 cm³/mol. The Morgan fingerprint density at radius 3 is 3.08 bits per heavy atom. The van der Waals surface area contributed by atoms with Crippen molar-refractivity contribution < 1.29 is 0 Å². The van der Waals surface area contributed by atoms with Gasteiger partial charge < -0.3 is 4.98 Å². The molecular weight excluding hydrogens is 164 g/mol. The molecule has 0 aliphatic carbocycles. The van der Waals surface area contributed by atoms with Crippen LogP contribution in [0.2, 0.25) is 0 Å². The van der Waals surface area contributed by atoms with Gasteiger partial charge in [0.25, 0.3) is 0 Å². The molecule has 1 heterocycles.